The summed E-state index contributed by atoms with van der Waals surface area (Å²) in [6.07, 6.45) is 6.21. The molecule has 4 nitrogen and oxygen atoms in total. The lowest BCUT2D eigenvalue weighted by molar-refractivity contribution is -0.428. The van der Waals surface area contributed by atoms with Crippen LogP contribution < -0.4 is 4.90 Å². The molecule has 3 aliphatic heterocycles. The lowest BCUT2D eigenvalue weighted by Gasteiger charge is -2.21. The van der Waals surface area contributed by atoms with Gasteiger partial charge in [0.05, 0.1) is 21.4 Å². The number of carbonyl (C=O) groups is 1. The van der Waals surface area contributed by atoms with Crippen LogP contribution in [0, 0.1) is 0 Å². The van der Waals surface area contributed by atoms with E-state index in [0.29, 0.717) is 6.54 Å². The number of anilines is 1. The zero-order valence-corrected chi connectivity index (χ0v) is 29.5. The lowest BCUT2D eigenvalue weighted by Crippen LogP contribution is -2.22. The van der Waals surface area contributed by atoms with Gasteiger partial charge in [-0.2, -0.15) is 0 Å². The predicted octanol–water partition coefficient (Wildman–Crippen LogP) is 10.2. The second-order valence-corrected chi connectivity index (χ2v) is 14.4. The van der Waals surface area contributed by atoms with Gasteiger partial charge in [0.25, 0.3) is 5.04 Å². The molecule has 0 aliphatic carbocycles. The van der Waals surface area contributed by atoms with Gasteiger partial charge in [0.1, 0.15) is 4.91 Å². The van der Waals surface area contributed by atoms with Crippen LogP contribution in [0.15, 0.2) is 160 Å². The third kappa shape index (κ3) is 6.14. The fourth-order valence-electron chi connectivity index (χ4n) is 6.15. The topological polar surface area (TPSA) is 26.6 Å². The number of rotatable bonds is 9. The first-order valence-electron chi connectivity index (χ1n) is 16.2. The molecule has 0 aromatic heterocycles. The summed E-state index contributed by atoms with van der Waals surface area (Å²) in [6.45, 7) is 10.4. The van der Waals surface area contributed by atoms with E-state index in [0.717, 1.165) is 44.2 Å². The summed E-state index contributed by atoms with van der Waals surface area (Å²) in [6, 6.07) is 40.0. The molecule has 1 amide bonds. The highest BCUT2D eigenvalue weighted by Crippen LogP contribution is 2.51. The van der Waals surface area contributed by atoms with Gasteiger partial charge < -0.3 is 9.80 Å². The second kappa shape index (κ2) is 14.4. The van der Waals surface area contributed by atoms with Crippen molar-refractivity contribution in [3.63, 3.8) is 0 Å². The summed E-state index contributed by atoms with van der Waals surface area (Å²) in [5.41, 5.74) is 6.70. The highest BCUT2D eigenvalue weighted by molar-refractivity contribution is 8.19. The number of nitrogens with zero attached hydrogens (tertiary/aromatic N) is 3. The monoisotopic (exact) mass is 682 g/mol. The maximum Gasteiger partial charge on any atom is 0.428 e. The normalized spacial score (nSPS) is 18.8. The lowest BCUT2D eigenvalue weighted by atomic mass is 10.0. The van der Waals surface area contributed by atoms with Crippen molar-refractivity contribution in [2.45, 2.75) is 18.7 Å². The number of thioether (sulfide) groups is 3. The van der Waals surface area contributed by atoms with Crippen molar-refractivity contribution in [2.24, 2.45) is 0 Å². The average Bonchev–Trinajstić information content (AvgIpc) is 3.79. The molecule has 3 aliphatic rings. The van der Waals surface area contributed by atoms with E-state index in [-0.39, 0.29) is 5.91 Å². The van der Waals surface area contributed by atoms with Crippen LogP contribution in [0.3, 0.4) is 0 Å². The van der Waals surface area contributed by atoms with E-state index in [1.54, 1.807) is 35.3 Å². The molecule has 0 bridgehead atoms. The van der Waals surface area contributed by atoms with Crippen LogP contribution in [-0.4, -0.2) is 40.1 Å². The summed E-state index contributed by atoms with van der Waals surface area (Å²) in [4.78, 5) is 22.3. The number of fused-ring (bicyclic) bond motifs is 1. The number of hydrogen-bond donors (Lipinski definition) is 0. The van der Waals surface area contributed by atoms with Crippen molar-refractivity contribution in [1.29, 1.82) is 0 Å². The Bertz CT molecular complexity index is 2030. The maximum absolute atomic E-state index is 14.4. The van der Waals surface area contributed by atoms with E-state index in [1.165, 1.54) is 32.3 Å². The van der Waals surface area contributed by atoms with Gasteiger partial charge in [0.2, 0.25) is 0 Å². The molecular weight excluding hydrogens is 647 g/mol. The van der Waals surface area contributed by atoms with Crippen LogP contribution in [0.5, 0.6) is 0 Å². The Morgan fingerprint density at radius 3 is 2.02 bits per heavy atom. The summed E-state index contributed by atoms with van der Waals surface area (Å²) >= 11 is 5.08. The minimum Gasteiger partial charge on any atom is -0.335 e. The summed E-state index contributed by atoms with van der Waals surface area (Å²) in [7, 11) is 0. The number of para-hydroxylation sites is 1. The highest BCUT2D eigenvalue weighted by atomic mass is 32.2. The molecule has 0 atom stereocenters. The number of hydrogen-bond acceptors (Lipinski definition) is 6. The molecule has 4 aromatic carbocycles. The van der Waals surface area contributed by atoms with Crippen molar-refractivity contribution in [2.75, 3.05) is 24.5 Å². The van der Waals surface area contributed by atoms with Crippen LogP contribution in [0.25, 0.3) is 16.2 Å². The summed E-state index contributed by atoms with van der Waals surface area (Å²) < 4.78 is 1.87. The highest BCUT2D eigenvalue weighted by Gasteiger charge is 2.40. The fourth-order valence-corrected chi connectivity index (χ4v) is 9.81. The van der Waals surface area contributed by atoms with E-state index < -0.39 is 0 Å². The van der Waals surface area contributed by atoms with Gasteiger partial charge in [-0.05, 0) is 66.6 Å². The summed E-state index contributed by atoms with van der Waals surface area (Å²) in [5.74, 6) is -0.00316. The minimum absolute atomic E-state index is 0.00316. The molecule has 0 N–H and O–H groups in total. The number of carbonyl (C=O) groups excluding carboxylic acids is 1. The summed E-state index contributed by atoms with van der Waals surface area (Å²) in [5, 5.41) is 3.12. The van der Waals surface area contributed by atoms with Gasteiger partial charge >= 0.3 is 5.91 Å². The third-order valence-corrected chi connectivity index (χ3v) is 11.8. The quantitative estimate of drug-likeness (QED) is 0.0991. The molecule has 0 spiro atoms. The number of benzene rings is 4. The minimum atomic E-state index is -0.00316. The van der Waals surface area contributed by atoms with Crippen LogP contribution in [-0.2, 0) is 4.79 Å². The van der Waals surface area contributed by atoms with Gasteiger partial charge in [0.15, 0.2) is 6.54 Å². The molecule has 7 rings (SSSR count). The van der Waals surface area contributed by atoms with Crippen molar-refractivity contribution in [3.8, 4) is 0 Å². The first-order chi connectivity index (χ1) is 23.6. The Morgan fingerprint density at radius 2 is 1.35 bits per heavy atom. The molecule has 0 fully saturated rings. The Labute approximate surface area is 295 Å². The molecule has 0 saturated heterocycles. The van der Waals surface area contributed by atoms with Crippen molar-refractivity contribution in [1.82, 2.24) is 4.90 Å². The third-order valence-electron chi connectivity index (χ3n) is 8.38. The van der Waals surface area contributed by atoms with Crippen LogP contribution in [0.2, 0.25) is 0 Å². The number of allylic oxidation sites excluding steroid dienone is 2. The van der Waals surface area contributed by atoms with E-state index >= 15 is 0 Å². The van der Waals surface area contributed by atoms with Crippen LogP contribution in [0.4, 0.5) is 5.69 Å². The molecule has 0 saturated carbocycles. The molecule has 7 heteroatoms. The van der Waals surface area contributed by atoms with E-state index in [1.807, 2.05) is 28.9 Å². The molecule has 48 heavy (non-hydrogen) atoms. The van der Waals surface area contributed by atoms with E-state index in [9.17, 15) is 4.79 Å². The average molecular weight is 683 g/mol. The first-order valence-corrected chi connectivity index (χ1v) is 18.6. The second-order valence-electron chi connectivity index (χ2n) is 11.3. The van der Waals surface area contributed by atoms with Crippen molar-refractivity contribution < 1.29 is 9.37 Å². The van der Waals surface area contributed by atoms with Crippen molar-refractivity contribution >= 4 is 68.1 Å². The van der Waals surface area contributed by atoms with Crippen LogP contribution in [0.1, 0.15) is 30.5 Å². The predicted molar refractivity (Wildman–Crippen MR) is 207 cm³/mol. The van der Waals surface area contributed by atoms with E-state index in [4.69, 9.17) is 0 Å². The molecule has 0 unspecified atom stereocenters. The van der Waals surface area contributed by atoms with Gasteiger partial charge in [-0.25, -0.2) is 4.79 Å². The maximum atomic E-state index is 14.4. The molecule has 3 heterocycles. The standard InChI is InChI=1S/C41H36N3OS3/c1-4-26-44-37(28-36-43(6-3)38(30-20-12-8-13-21-30)39(47-36)31-22-14-9-15-23-31)48-40(41(44)45)32(29-18-10-7-11-19-29)27-35-42(5-2)33-24-16-17-25-34(33)46-35/h4,7-25,27-28H,1,5-6,26H2,2-3H3/q+1/b35-27-,40-32+. The first kappa shape index (κ1) is 32.1. The molecule has 0 radical (unpaired) electrons. The fraction of sp³-hybridized carbons (Fsp3) is 0.122. The largest absolute Gasteiger partial charge is 0.428 e. The smallest absolute Gasteiger partial charge is 0.335 e. The zero-order chi connectivity index (χ0) is 33.0. The SMILES string of the molecule is C=CC[N+]1=C(/C=C2/SC(c3ccccc3)=C(c3ccccc3)N2CC)S/C(=C(\C=C2/Sc3ccccc3N2CC)c2ccccc2)C1=O. The Morgan fingerprint density at radius 1 is 0.729 bits per heavy atom. The van der Waals surface area contributed by atoms with Gasteiger partial charge in [-0.3, -0.25) is 0 Å². The van der Waals surface area contributed by atoms with Crippen LogP contribution >= 0.6 is 35.3 Å². The Kier molecular flexibility index (Phi) is 9.61. The Balaban J connectivity index is 1.33. The van der Waals surface area contributed by atoms with Crippen molar-refractivity contribution in [3.05, 3.63) is 172 Å². The van der Waals surface area contributed by atoms with E-state index in [2.05, 4.69) is 139 Å². The number of amides is 1. The Hall–Kier alpha value is -4.43. The molecule has 4 aromatic rings. The van der Waals surface area contributed by atoms with Gasteiger partial charge in [-0.15, -0.1) is 4.58 Å². The van der Waals surface area contributed by atoms with Gasteiger partial charge in [-0.1, -0.05) is 133 Å². The molecule has 238 valence electrons. The molecular formula is C41H36N3OS3+. The zero-order valence-electron chi connectivity index (χ0n) is 27.0. The van der Waals surface area contributed by atoms with Gasteiger partial charge in [0, 0.05) is 34.5 Å².